The van der Waals surface area contributed by atoms with E-state index >= 15 is 0 Å². The molecule has 1 aromatic heterocycles. The number of hydrogen-bond donors (Lipinski definition) is 1. The Bertz CT molecular complexity index is 1110. The van der Waals surface area contributed by atoms with Gasteiger partial charge in [0, 0.05) is 23.4 Å². The molecule has 3 aromatic carbocycles. The Morgan fingerprint density at radius 1 is 0.923 bits per heavy atom. The molecule has 0 saturated carbocycles. The molecule has 0 aliphatic heterocycles. The van der Waals surface area contributed by atoms with Gasteiger partial charge in [0.2, 0.25) is 0 Å². The summed E-state index contributed by atoms with van der Waals surface area (Å²) in [6.07, 6.45) is 4.58. The molecule has 0 spiro atoms. The standard InChI is InChI=1S/C22H16N2O2/c25-21(26)14-13-17-15-24(18-9-2-1-3-10-18)23-22(17)20-12-6-8-16-7-4-5-11-19(16)20/h1-15H,(H,25,26)/b14-13-. The van der Waals surface area contributed by atoms with Crippen LogP contribution < -0.4 is 0 Å². The van der Waals surface area contributed by atoms with Gasteiger partial charge in [-0.2, -0.15) is 5.10 Å². The molecule has 0 bridgehead atoms. The third-order valence-corrected chi connectivity index (χ3v) is 4.21. The van der Waals surface area contributed by atoms with Crippen LogP contribution in [0.2, 0.25) is 0 Å². The lowest BCUT2D eigenvalue weighted by atomic mass is 10.00. The quantitative estimate of drug-likeness (QED) is 0.543. The third-order valence-electron chi connectivity index (χ3n) is 4.21. The van der Waals surface area contributed by atoms with Crippen LogP contribution in [-0.4, -0.2) is 20.9 Å². The van der Waals surface area contributed by atoms with E-state index in [4.69, 9.17) is 10.2 Å². The number of para-hydroxylation sites is 1. The number of carboxylic acid groups (broad SMARTS) is 1. The Morgan fingerprint density at radius 2 is 1.65 bits per heavy atom. The summed E-state index contributed by atoms with van der Waals surface area (Å²) in [5.74, 6) is -0.985. The van der Waals surface area contributed by atoms with E-state index in [2.05, 4.69) is 18.2 Å². The summed E-state index contributed by atoms with van der Waals surface area (Å²) < 4.78 is 1.78. The van der Waals surface area contributed by atoms with Gasteiger partial charge in [-0.05, 0) is 29.0 Å². The van der Waals surface area contributed by atoms with Crippen molar-refractivity contribution in [1.29, 1.82) is 0 Å². The summed E-state index contributed by atoms with van der Waals surface area (Å²) in [4.78, 5) is 11.0. The zero-order chi connectivity index (χ0) is 17.9. The van der Waals surface area contributed by atoms with Gasteiger partial charge in [0.15, 0.2) is 0 Å². The van der Waals surface area contributed by atoms with Gasteiger partial charge >= 0.3 is 5.97 Å². The summed E-state index contributed by atoms with van der Waals surface area (Å²) in [6.45, 7) is 0. The third kappa shape index (κ3) is 3.00. The van der Waals surface area contributed by atoms with E-state index in [0.29, 0.717) is 0 Å². The maximum Gasteiger partial charge on any atom is 0.328 e. The largest absolute Gasteiger partial charge is 0.478 e. The Kier molecular flexibility index (Phi) is 4.07. The van der Waals surface area contributed by atoms with E-state index in [-0.39, 0.29) is 0 Å². The van der Waals surface area contributed by atoms with Gasteiger partial charge in [-0.1, -0.05) is 60.7 Å². The smallest absolute Gasteiger partial charge is 0.328 e. The normalized spacial score (nSPS) is 11.2. The second kappa shape index (κ2) is 6.69. The van der Waals surface area contributed by atoms with E-state index in [0.717, 1.165) is 39.4 Å². The van der Waals surface area contributed by atoms with Crippen molar-refractivity contribution in [2.75, 3.05) is 0 Å². The van der Waals surface area contributed by atoms with Crippen LogP contribution in [0.5, 0.6) is 0 Å². The molecular formula is C22H16N2O2. The van der Waals surface area contributed by atoms with Crippen molar-refractivity contribution in [2.24, 2.45) is 0 Å². The molecule has 4 nitrogen and oxygen atoms in total. The lowest BCUT2D eigenvalue weighted by Crippen LogP contribution is -1.94. The number of carboxylic acids is 1. The van der Waals surface area contributed by atoms with Crippen molar-refractivity contribution in [2.45, 2.75) is 0 Å². The maximum atomic E-state index is 11.0. The molecule has 1 heterocycles. The summed E-state index contributed by atoms with van der Waals surface area (Å²) in [7, 11) is 0. The summed E-state index contributed by atoms with van der Waals surface area (Å²) in [5, 5.41) is 16.0. The van der Waals surface area contributed by atoms with Crippen molar-refractivity contribution in [1.82, 2.24) is 9.78 Å². The predicted molar refractivity (Wildman–Crippen MR) is 103 cm³/mol. The van der Waals surface area contributed by atoms with Crippen LogP contribution in [0.4, 0.5) is 0 Å². The lowest BCUT2D eigenvalue weighted by Gasteiger charge is -2.05. The Hall–Kier alpha value is -3.66. The number of aromatic nitrogens is 2. The number of nitrogens with zero attached hydrogens (tertiary/aromatic N) is 2. The fourth-order valence-corrected chi connectivity index (χ4v) is 3.02. The minimum atomic E-state index is -0.985. The summed E-state index contributed by atoms with van der Waals surface area (Å²) in [6, 6.07) is 23.9. The first-order valence-electron chi connectivity index (χ1n) is 8.26. The number of benzene rings is 3. The summed E-state index contributed by atoms with van der Waals surface area (Å²) >= 11 is 0. The van der Waals surface area contributed by atoms with Gasteiger partial charge in [0.25, 0.3) is 0 Å². The van der Waals surface area contributed by atoms with Crippen LogP contribution in [0.25, 0.3) is 33.8 Å². The van der Waals surface area contributed by atoms with Gasteiger partial charge in [-0.3, -0.25) is 0 Å². The van der Waals surface area contributed by atoms with Crippen LogP contribution in [0.1, 0.15) is 5.56 Å². The van der Waals surface area contributed by atoms with Crippen LogP contribution in [0.3, 0.4) is 0 Å². The molecule has 0 aliphatic carbocycles. The van der Waals surface area contributed by atoms with E-state index < -0.39 is 5.97 Å². The minimum Gasteiger partial charge on any atom is -0.478 e. The Morgan fingerprint density at radius 3 is 2.46 bits per heavy atom. The maximum absolute atomic E-state index is 11.0. The molecule has 126 valence electrons. The lowest BCUT2D eigenvalue weighted by molar-refractivity contribution is -0.131. The van der Waals surface area contributed by atoms with E-state index in [9.17, 15) is 4.79 Å². The number of aliphatic carboxylic acids is 1. The molecule has 4 rings (SSSR count). The van der Waals surface area contributed by atoms with Crippen LogP contribution >= 0.6 is 0 Å². The zero-order valence-corrected chi connectivity index (χ0v) is 13.9. The zero-order valence-electron chi connectivity index (χ0n) is 13.9. The van der Waals surface area contributed by atoms with Crippen molar-refractivity contribution in [3.63, 3.8) is 0 Å². The fourth-order valence-electron chi connectivity index (χ4n) is 3.02. The van der Waals surface area contributed by atoms with Crippen LogP contribution in [0, 0.1) is 0 Å². The molecule has 4 heteroatoms. The average molecular weight is 340 g/mol. The molecule has 0 atom stereocenters. The topological polar surface area (TPSA) is 55.1 Å². The highest BCUT2D eigenvalue weighted by atomic mass is 16.4. The minimum absolute atomic E-state index is 0.753. The van der Waals surface area contributed by atoms with Crippen molar-refractivity contribution in [3.8, 4) is 16.9 Å². The monoisotopic (exact) mass is 340 g/mol. The van der Waals surface area contributed by atoms with Crippen LogP contribution in [-0.2, 0) is 4.79 Å². The number of rotatable bonds is 4. The Balaban J connectivity index is 1.94. The highest BCUT2D eigenvalue weighted by Gasteiger charge is 2.13. The molecule has 0 aliphatic rings. The van der Waals surface area contributed by atoms with Crippen LogP contribution in [0.15, 0.2) is 85.1 Å². The van der Waals surface area contributed by atoms with Crippen molar-refractivity contribution < 1.29 is 9.90 Å². The van der Waals surface area contributed by atoms with Gasteiger partial charge in [0.1, 0.15) is 5.69 Å². The van der Waals surface area contributed by atoms with E-state index in [1.54, 1.807) is 10.8 Å². The van der Waals surface area contributed by atoms with Gasteiger partial charge in [0.05, 0.1) is 5.69 Å². The first-order chi connectivity index (χ1) is 12.7. The molecular weight excluding hydrogens is 324 g/mol. The number of fused-ring (bicyclic) bond motifs is 1. The van der Waals surface area contributed by atoms with E-state index in [1.807, 2.05) is 60.8 Å². The molecule has 26 heavy (non-hydrogen) atoms. The number of hydrogen-bond acceptors (Lipinski definition) is 2. The molecule has 1 N–H and O–H groups in total. The second-order valence-electron chi connectivity index (χ2n) is 5.91. The van der Waals surface area contributed by atoms with Gasteiger partial charge in [-0.15, -0.1) is 0 Å². The highest BCUT2D eigenvalue weighted by molar-refractivity contribution is 5.98. The SMILES string of the molecule is O=C(O)/C=C\c1cn(-c2ccccc2)nc1-c1cccc2ccccc12. The first-order valence-corrected chi connectivity index (χ1v) is 8.26. The van der Waals surface area contributed by atoms with Crippen molar-refractivity contribution in [3.05, 3.63) is 90.6 Å². The van der Waals surface area contributed by atoms with E-state index in [1.165, 1.54) is 0 Å². The molecule has 0 radical (unpaired) electrons. The first kappa shape index (κ1) is 15.8. The average Bonchev–Trinajstić information content (AvgIpc) is 3.11. The molecule has 0 saturated heterocycles. The molecule has 0 amide bonds. The number of carbonyl (C=O) groups is 1. The Labute approximate surface area is 150 Å². The van der Waals surface area contributed by atoms with Gasteiger partial charge in [-0.25, -0.2) is 9.48 Å². The second-order valence-corrected chi connectivity index (χ2v) is 5.91. The van der Waals surface area contributed by atoms with Crippen molar-refractivity contribution >= 4 is 22.8 Å². The summed E-state index contributed by atoms with van der Waals surface area (Å²) in [5.41, 5.74) is 3.41. The fraction of sp³-hybridized carbons (Fsp3) is 0. The van der Waals surface area contributed by atoms with Gasteiger partial charge < -0.3 is 5.11 Å². The molecule has 0 fully saturated rings. The molecule has 4 aromatic rings. The predicted octanol–water partition coefficient (Wildman–Crippen LogP) is 4.79. The molecule has 0 unspecified atom stereocenters. The highest BCUT2D eigenvalue weighted by Crippen LogP contribution is 2.31.